The Morgan fingerprint density at radius 3 is 2.00 bits per heavy atom. The zero-order valence-electron chi connectivity index (χ0n) is 6.40. The summed E-state index contributed by atoms with van der Waals surface area (Å²) in [6, 6.07) is 0. The lowest BCUT2D eigenvalue weighted by Crippen LogP contribution is -2.23. The Bertz CT molecular complexity index is 73.5. The van der Waals surface area contributed by atoms with Crippen molar-refractivity contribution >= 4 is 8.96 Å². The smallest absolute Gasteiger partial charge is 0.0841 e. The number of hydrogen-bond donors (Lipinski definition) is 1. The maximum atomic E-state index is 5.33. The van der Waals surface area contributed by atoms with E-state index in [0.717, 1.165) is 12.8 Å². The maximum absolute atomic E-state index is 5.33. The molecule has 0 aliphatic rings. The van der Waals surface area contributed by atoms with Gasteiger partial charge >= 0.3 is 0 Å². The molecule has 2 nitrogen and oxygen atoms in total. The highest BCUT2D eigenvalue weighted by atomic mass is 31.1. The molecular weight excluding hydrogens is 133 g/mol. The van der Waals surface area contributed by atoms with E-state index in [2.05, 4.69) is 20.8 Å². The number of hydrogen-bond acceptors (Lipinski definition) is 2. The van der Waals surface area contributed by atoms with Gasteiger partial charge in [-0.1, -0.05) is 13.8 Å². The van der Waals surface area contributed by atoms with Crippen LogP contribution in [0.15, 0.2) is 0 Å². The first kappa shape index (κ1) is 9.35. The van der Waals surface area contributed by atoms with Gasteiger partial charge < -0.3 is 4.52 Å². The molecule has 0 rings (SSSR count). The SMILES string of the molecule is CCC(C)(CC)OPN. The van der Waals surface area contributed by atoms with Crippen LogP contribution in [0.25, 0.3) is 0 Å². The predicted molar refractivity (Wildman–Crippen MR) is 42.6 cm³/mol. The van der Waals surface area contributed by atoms with E-state index in [9.17, 15) is 0 Å². The van der Waals surface area contributed by atoms with Gasteiger partial charge in [-0.3, -0.25) is 5.50 Å². The molecule has 1 unspecified atom stereocenters. The molecule has 0 radical (unpaired) electrons. The molecule has 0 aromatic rings. The monoisotopic (exact) mass is 149 g/mol. The molecule has 0 aliphatic heterocycles. The van der Waals surface area contributed by atoms with Crippen molar-refractivity contribution in [1.29, 1.82) is 0 Å². The van der Waals surface area contributed by atoms with Crippen LogP contribution in [-0.2, 0) is 4.52 Å². The van der Waals surface area contributed by atoms with Crippen LogP contribution in [0.3, 0.4) is 0 Å². The standard InChI is InChI=1S/C6H16NOP/c1-4-6(3,5-2)8-9-7/h9H,4-5,7H2,1-3H3. The van der Waals surface area contributed by atoms with Crippen molar-refractivity contribution in [2.24, 2.45) is 5.50 Å². The van der Waals surface area contributed by atoms with Gasteiger partial charge in [-0.25, -0.2) is 0 Å². The third-order valence-corrected chi connectivity index (χ3v) is 2.41. The van der Waals surface area contributed by atoms with E-state index in [1.165, 1.54) is 0 Å². The molecule has 0 heterocycles. The fourth-order valence-electron chi connectivity index (χ4n) is 0.537. The summed E-state index contributed by atoms with van der Waals surface area (Å²) in [5.41, 5.74) is 5.29. The normalized spacial score (nSPS) is 13.3. The highest BCUT2D eigenvalue weighted by Gasteiger charge is 2.18. The molecule has 0 aromatic heterocycles. The lowest BCUT2D eigenvalue weighted by molar-refractivity contribution is 0.101. The van der Waals surface area contributed by atoms with Gasteiger partial charge in [0, 0.05) is 0 Å². The highest BCUT2D eigenvalue weighted by molar-refractivity contribution is 7.29. The molecule has 0 saturated carbocycles. The summed E-state index contributed by atoms with van der Waals surface area (Å²) in [4.78, 5) is 0. The predicted octanol–water partition coefficient (Wildman–Crippen LogP) is 2.05. The van der Waals surface area contributed by atoms with Gasteiger partial charge in [-0.15, -0.1) is 0 Å². The van der Waals surface area contributed by atoms with Gasteiger partial charge in [-0.05, 0) is 19.8 Å². The van der Waals surface area contributed by atoms with Gasteiger partial charge in [0.2, 0.25) is 0 Å². The van der Waals surface area contributed by atoms with Gasteiger partial charge in [0.1, 0.15) is 0 Å². The van der Waals surface area contributed by atoms with Crippen LogP contribution in [0.1, 0.15) is 33.6 Å². The minimum absolute atomic E-state index is 0.0210. The summed E-state index contributed by atoms with van der Waals surface area (Å²) in [6.07, 6.45) is 2.07. The zero-order valence-corrected chi connectivity index (χ0v) is 7.40. The molecule has 0 aromatic carbocycles. The minimum Gasteiger partial charge on any atom is -0.341 e. The van der Waals surface area contributed by atoms with Crippen LogP contribution in [0.4, 0.5) is 0 Å². The lowest BCUT2D eigenvalue weighted by atomic mass is 10.0. The van der Waals surface area contributed by atoms with Crippen molar-refractivity contribution in [3.05, 3.63) is 0 Å². The quantitative estimate of drug-likeness (QED) is 0.621. The Balaban J connectivity index is 3.62. The number of rotatable bonds is 4. The van der Waals surface area contributed by atoms with E-state index in [1.807, 2.05) is 0 Å². The Hall–Kier alpha value is 0.350. The summed E-state index contributed by atoms with van der Waals surface area (Å²) >= 11 is 0. The van der Waals surface area contributed by atoms with Crippen molar-refractivity contribution < 1.29 is 4.52 Å². The molecule has 1 atom stereocenters. The topological polar surface area (TPSA) is 35.2 Å². The van der Waals surface area contributed by atoms with E-state index in [4.69, 9.17) is 10.0 Å². The lowest BCUT2D eigenvalue weighted by Gasteiger charge is -2.25. The molecule has 0 fully saturated rings. The van der Waals surface area contributed by atoms with E-state index in [0.29, 0.717) is 0 Å². The summed E-state index contributed by atoms with van der Waals surface area (Å²) in [5, 5.41) is 0. The van der Waals surface area contributed by atoms with Crippen molar-refractivity contribution in [2.45, 2.75) is 39.2 Å². The Morgan fingerprint density at radius 2 is 1.89 bits per heavy atom. The molecule has 2 N–H and O–H groups in total. The average molecular weight is 149 g/mol. The molecule has 0 spiro atoms. The van der Waals surface area contributed by atoms with Crippen molar-refractivity contribution in [3.63, 3.8) is 0 Å². The Labute approximate surface area is 59.1 Å². The number of nitrogens with two attached hydrogens (primary N) is 1. The maximum Gasteiger partial charge on any atom is 0.0841 e. The van der Waals surface area contributed by atoms with E-state index in [1.54, 1.807) is 0 Å². The van der Waals surface area contributed by atoms with E-state index >= 15 is 0 Å². The first-order chi connectivity index (χ1) is 4.18. The van der Waals surface area contributed by atoms with E-state index < -0.39 is 0 Å². The molecule has 9 heavy (non-hydrogen) atoms. The highest BCUT2D eigenvalue weighted by Crippen LogP contribution is 2.24. The fraction of sp³-hybridized carbons (Fsp3) is 1.00. The molecule has 56 valence electrons. The Morgan fingerprint density at radius 1 is 1.44 bits per heavy atom. The van der Waals surface area contributed by atoms with Crippen molar-refractivity contribution in [1.82, 2.24) is 0 Å². The van der Waals surface area contributed by atoms with Crippen LogP contribution in [0.2, 0.25) is 0 Å². The van der Waals surface area contributed by atoms with Crippen LogP contribution in [-0.4, -0.2) is 5.60 Å². The third-order valence-electron chi connectivity index (χ3n) is 1.80. The molecular formula is C6H16NOP. The van der Waals surface area contributed by atoms with Crippen molar-refractivity contribution in [3.8, 4) is 0 Å². The zero-order chi connectivity index (χ0) is 7.33. The summed E-state index contributed by atoms with van der Waals surface area (Å²) in [5.74, 6) is 0. The summed E-state index contributed by atoms with van der Waals surface area (Å²) in [6.45, 7) is 6.32. The second kappa shape index (κ2) is 4.21. The first-order valence-corrected chi connectivity index (χ1v) is 4.30. The fourth-order valence-corrected chi connectivity index (χ4v) is 1.11. The van der Waals surface area contributed by atoms with Gasteiger partial charge in [-0.2, -0.15) is 0 Å². The second-order valence-corrected chi connectivity index (χ2v) is 2.82. The van der Waals surface area contributed by atoms with Crippen molar-refractivity contribution in [2.75, 3.05) is 0 Å². The van der Waals surface area contributed by atoms with Gasteiger partial charge in [0.05, 0.1) is 14.6 Å². The summed E-state index contributed by atoms with van der Waals surface area (Å²) in [7, 11) is 0.123. The van der Waals surface area contributed by atoms with Gasteiger partial charge in [0.15, 0.2) is 0 Å². The molecule has 0 aliphatic carbocycles. The molecule has 0 saturated heterocycles. The minimum atomic E-state index is 0.0210. The van der Waals surface area contributed by atoms with Crippen LogP contribution < -0.4 is 5.50 Å². The molecule has 3 heteroatoms. The third kappa shape index (κ3) is 3.14. The first-order valence-electron chi connectivity index (χ1n) is 3.32. The summed E-state index contributed by atoms with van der Waals surface area (Å²) < 4.78 is 5.33. The molecule has 0 bridgehead atoms. The van der Waals surface area contributed by atoms with Crippen LogP contribution >= 0.6 is 8.96 Å². The average Bonchev–Trinajstić information content (AvgIpc) is 1.89. The Kier molecular flexibility index (Phi) is 4.37. The van der Waals surface area contributed by atoms with Gasteiger partial charge in [0.25, 0.3) is 0 Å². The van der Waals surface area contributed by atoms with E-state index in [-0.39, 0.29) is 14.6 Å². The van der Waals surface area contributed by atoms with Crippen LogP contribution in [0, 0.1) is 0 Å². The second-order valence-electron chi connectivity index (χ2n) is 2.38. The molecule has 0 amide bonds. The largest absolute Gasteiger partial charge is 0.341 e. The van der Waals surface area contributed by atoms with Crippen LogP contribution in [0.5, 0.6) is 0 Å².